The zero-order valence-electron chi connectivity index (χ0n) is 25.4. The molecule has 15 atom stereocenters. The summed E-state index contributed by atoms with van der Waals surface area (Å²) in [6.45, 7) is 9.60. The Morgan fingerprint density at radius 1 is 1.12 bits per heavy atom. The van der Waals surface area contributed by atoms with Crippen LogP contribution in [-0.4, -0.2) is 93.9 Å². The fraction of sp³-hybridized carbons (Fsp3) is 0.848. The van der Waals surface area contributed by atoms with Crippen molar-refractivity contribution in [2.75, 3.05) is 13.2 Å². The summed E-state index contributed by atoms with van der Waals surface area (Å²) in [5.74, 6) is 1.81. The van der Waals surface area contributed by atoms with Crippen LogP contribution in [0.5, 0.6) is 0 Å². The minimum atomic E-state index is -1.46. The number of ether oxygens (including phenoxy) is 3. The predicted octanol–water partition coefficient (Wildman–Crippen LogP) is 2.01. The topological polar surface area (TPSA) is 138 Å². The number of fused-ring (bicyclic) bond motifs is 6. The van der Waals surface area contributed by atoms with Gasteiger partial charge in [0.1, 0.15) is 24.4 Å². The zero-order chi connectivity index (χ0) is 29.7. The van der Waals surface area contributed by atoms with E-state index in [4.69, 9.17) is 14.2 Å². The van der Waals surface area contributed by atoms with Gasteiger partial charge in [-0.25, -0.2) is 0 Å². The van der Waals surface area contributed by atoms with E-state index in [-0.39, 0.29) is 35.1 Å². The SMILES string of the molecule is CC1=C2C(=O)[C@H]3[C@H](CC=C4C[C@@H](O[C@@H]5O[C@H](CO)[C@@H](O)[C@H](O)[C@H]5O)CC[C@@]43C)[C@@H]2CC[C@]12O[C@H]1C[C@H](C)CN[C@H]1[C@H]2C. The number of rotatable bonds is 3. The van der Waals surface area contributed by atoms with Gasteiger partial charge in [0.25, 0.3) is 0 Å². The normalized spacial score (nSPS) is 53.9. The Hall–Kier alpha value is -1.17. The quantitative estimate of drug-likeness (QED) is 0.314. The van der Waals surface area contributed by atoms with Crippen molar-refractivity contribution < 1.29 is 39.4 Å². The predicted molar refractivity (Wildman–Crippen MR) is 153 cm³/mol. The lowest BCUT2D eigenvalue weighted by Gasteiger charge is -2.49. The smallest absolute Gasteiger partial charge is 0.186 e. The summed E-state index contributed by atoms with van der Waals surface area (Å²) in [5, 5.41) is 44.2. The first-order chi connectivity index (χ1) is 20.0. The molecule has 3 saturated heterocycles. The lowest BCUT2D eigenvalue weighted by Crippen LogP contribution is -2.60. The maximum Gasteiger partial charge on any atom is 0.186 e. The van der Waals surface area contributed by atoms with Crippen molar-refractivity contribution in [1.29, 1.82) is 0 Å². The molecule has 7 rings (SSSR count). The summed E-state index contributed by atoms with van der Waals surface area (Å²) >= 11 is 0. The average Bonchev–Trinajstić information content (AvgIpc) is 3.42. The molecule has 0 radical (unpaired) electrons. The minimum Gasteiger partial charge on any atom is -0.394 e. The van der Waals surface area contributed by atoms with Crippen molar-refractivity contribution in [1.82, 2.24) is 5.32 Å². The molecule has 4 aliphatic carbocycles. The molecule has 3 aliphatic heterocycles. The Bertz CT molecular complexity index is 1170. The van der Waals surface area contributed by atoms with E-state index in [1.165, 1.54) is 11.1 Å². The van der Waals surface area contributed by atoms with Gasteiger partial charge in [-0.1, -0.05) is 32.4 Å². The number of nitrogens with one attached hydrogen (secondary N) is 1. The molecule has 0 amide bonds. The number of carbonyl (C=O) groups is 1. The van der Waals surface area contributed by atoms with Gasteiger partial charge in [-0.2, -0.15) is 0 Å². The third-order valence-electron chi connectivity index (χ3n) is 12.8. The van der Waals surface area contributed by atoms with Crippen LogP contribution in [0, 0.1) is 35.0 Å². The molecule has 234 valence electrons. The number of hydrogen-bond donors (Lipinski definition) is 5. The highest BCUT2D eigenvalue weighted by Crippen LogP contribution is 2.64. The van der Waals surface area contributed by atoms with Crippen molar-refractivity contribution in [3.05, 3.63) is 22.8 Å². The maximum absolute atomic E-state index is 14.5. The summed E-state index contributed by atoms with van der Waals surface area (Å²) in [6, 6.07) is 0.344. The summed E-state index contributed by atoms with van der Waals surface area (Å²) < 4.78 is 18.8. The van der Waals surface area contributed by atoms with E-state index in [0.717, 1.165) is 44.2 Å². The van der Waals surface area contributed by atoms with E-state index in [1.54, 1.807) is 0 Å². The zero-order valence-corrected chi connectivity index (χ0v) is 25.4. The molecule has 0 aromatic heterocycles. The Kier molecular flexibility index (Phi) is 7.34. The van der Waals surface area contributed by atoms with Crippen LogP contribution in [0.3, 0.4) is 0 Å². The van der Waals surface area contributed by atoms with Crippen LogP contribution in [0.4, 0.5) is 0 Å². The molecule has 5 fully saturated rings. The van der Waals surface area contributed by atoms with Crippen LogP contribution in [0.2, 0.25) is 0 Å². The van der Waals surface area contributed by atoms with E-state index in [1.807, 2.05) is 0 Å². The van der Waals surface area contributed by atoms with E-state index < -0.39 is 37.3 Å². The molecule has 0 aromatic rings. The molecule has 3 heterocycles. The average molecular weight is 588 g/mol. The van der Waals surface area contributed by atoms with Crippen LogP contribution in [0.25, 0.3) is 0 Å². The Morgan fingerprint density at radius 3 is 2.67 bits per heavy atom. The van der Waals surface area contributed by atoms with Crippen molar-refractivity contribution in [3.63, 3.8) is 0 Å². The lowest BCUT2D eigenvalue weighted by atomic mass is 9.56. The second-order valence-electron chi connectivity index (χ2n) is 14.9. The number of ketones is 1. The molecule has 0 aromatic carbocycles. The molecular weight excluding hydrogens is 538 g/mol. The van der Waals surface area contributed by atoms with Gasteiger partial charge >= 0.3 is 0 Å². The van der Waals surface area contributed by atoms with Crippen molar-refractivity contribution >= 4 is 5.78 Å². The number of allylic oxidation sites excluding steroid dienone is 2. The molecule has 0 unspecified atom stereocenters. The van der Waals surface area contributed by atoms with Gasteiger partial charge in [0, 0.05) is 23.5 Å². The van der Waals surface area contributed by atoms with E-state index >= 15 is 0 Å². The molecule has 42 heavy (non-hydrogen) atoms. The molecule has 5 N–H and O–H groups in total. The molecule has 7 aliphatic rings. The molecule has 1 spiro atoms. The Morgan fingerprint density at radius 2 is 1.90 bits per heavy atom. The second kappa shape index (κ2) is 10.4. The first-order valence-electron chi connectivity index (χ1n) is 16.3. The highest BCUT2D eigenvalue weighted by Gasteiger charge is 2.63. The molecule has 2 saturated carbocycles. The van der Waals surface area contributed by atoms with Gasteiger partial charge < -0.3 is 40.0 Å². The number of Topliss-reactive ketones (excluding diaryl/α,β-unsaturated/α-hetero) is 1. The number of aliphatic hydroxyl groups excluding tert-OH is 4. The second-order valence-corrected chi connectivity index (χ2v) is 14.9. The fourth-order valence-corrected chi connectivity index (χ4v) is 10.4. The van der Waals surface area contributed by atoms with Gasteiger partial charge in [-0.05, 0) is 87.2 Å². The third-order valence-corrected chi connectivity index (χ3v) is 12.8. The number of piperidine rings is 1. The molecule has 9 nitrogen and oxygen atoms in total. The summed E-state index contributed by atoms with van der Waals surface area (Å²) in [4.78, 5) is 14.5. The maximum atomic E-state index is 14.5. The first kappa shape index (κ1) is 29.5. The van der Waals surface area contributed by atoms with Gasteiger partial charge in [0.15, 0.2) is 12.1 Å². The van der Waals surface area contributed by atoms with Crippen LogP contribution in [0.1, 0.15) is 72.6 Å². The fourth-order valence-electron chi connectivity index (χ4n) is 10.4. The molecule has 9 heteroatoms. The Balaban J connectivity index is 1.11. The highest BCUT2D eigenvalue weighted by molar-refractivity contribution is 6.02. The van der Waals surface area contributed by atoms with Gasteiger partial charge in [-0.3, -0.25) is 4.79 Å². The third kappa shape index (κ3) is 4.14. The van der Waals surface area contributed by atoms with Gasteiger partial charge in [-0.15, -0.1) is 0 Å². The summed E-state index contributed by atoms with van der Waals surface area (Å²) in [7, 11) is 0. The van der Waals surface area contributed by atoms with E-state index in [2.05, 4.69) is 39.1 Å². The Labute approximate surface area is 248 Å². The lowest BCUT2D eigenvalue weighted by molar-refractivity contribution is -0.312. The van der Waals surface area contributed by atoms with Crippen molar-refractivity contribution in [2.24, 2.45) is 35.0 Å². The molecule has 0 bridgehead atoms. The monoisotopic (exact) mass is 587 g/mol. The van der Waals surface area contributed by atoms with Crippen molar-refractivity contribution in [3.8, 4) is 0 Å². The number of aliphatic hydroxyl groups is 4. The van der Waals surface area contributed by atoms with Crippen molar-refractivity contribution in [2.45, 2.75) is 127 Å². The molecular formula is C33H49NO8. The van der Waals surface area contributed by atoms with E-state index in [9.17, 15) is 25.2 Å². The summed E-state index contributed by atoms with van der Waals surface area (Å²) in [5.41, 5.74) is 2.89. The minimum absolute atomic E-state index is 0.0482. The van der Waals surface area contributed by atoms with Crippen LogP contribution in [-0.2, 0) is 19.0 Å². The van der Waals surface area contributed by atoms with Crippen LogP contribution in [0.15, 0.2) is 22.8 Å². The summed E-state index contributed by atoms with van der Waals surface area (Å²) in [6.07, 6.45) is 1.93. The van der Waals surface area contributed by atoms with Gasteiger partial charge in [0.2, 0.25) is 0 Å². The van der Waals surface area contributed by atoms with E-state index in [0.29, 0.717) is 42.4 Å². The number of carbonyl (C=O) groups excluding carboxylic acids is 1. The first-order valence-corrected chi connectivity index (χ1v) is 16.3. The standard InChI is InChI=1S/C33H49NO8/c1-15-11-22-26(34-13-15)17(3)33(42-22)10-8-20-21-6-5-18-12-19(40-31-30(39)29(38)27(36)23(14-35)41-31)7-9-32(18,4)25(21)28(37)24(20)16(33)2/h5,15,17,19-23,25-27,29-31,34-36,38-39H,6-14H2,1-4H3/t15-,17+,19-,20-,21+,22-,23+,25+,26-,27+,29-,30+,31+,32-,33-/m0/s1. The number of hydrogen-bond acceptors (Lipinski definition) is 9. The highest BCUT2D eigenvalue weighted by atomic mass is 16.7. The van der Waals surface area contributed by atoms with Crippen LogP contribution >= 0.6 is 0 Å². The largest absolute Gasteiger partial charge is 0.394 e. The van der Waals surface area contributed by atoms with Crippen LogP contribution < -0.4 is 5.32 Å². The van der Waals surface area contributed by atoms with Gasteiger partial charge in [0.05, 0.1) is 24.4 Å².